The van der Waals surface area contributed by atoms with Gasteiger partial charge in [0.2, 0.25) is 0 Å². The Morgan fingerprint density at radius 1 is 0.893 bits per heavy atom. The zero-order chi connectivity index (χ0) is 40.5. The molecule has 5 rings (SSSR count). The minimum atomic E-state index is -0.573. The number of ether oxygens (including phenoxy) is 3. The number of aryl methyl sites for hydroxylation is 1. The van der Waals surface area contributed by atoms with E-state index in [1.165, 1.54) is 41.5 Å². The number of ketones is 1. The van der Waals surface area contributed by atoms with Crippen LogP contribution < -0.4 is 19.1 Å². The molecule has 2 aliphatic heterocycles. The van der Waals surface area contributed by atoms with Gasteiger partial charge < -0.3 is 24.2 Å². The molecule has 0 bridgehead atoms. The predicted molar refractivity (Wildman–Crippen MR) is 233 cm³/mol. The lowest BCUT2D eigenvalue weighted by molar-refractivity contribution is 0.0877. The molecule has 1 aliphatic carbocycles. The van der Waals surface area contributed by atoms with Crippen LogP contribution in [0.5, 0.6) is 17.2 Å². The van der Waals surface area contributed by atoms with Gasteiger partial charge in [-0.3, -0.25) is 9.79 Å². The topological polar surface area (TPSA) is 80.6 Å². The second-order valence-corrected chi connectivity index (χ2v) is 17.0. The third-order valence-corrected chi connectivity index (χ3v) is 12.8. The van der Waals surface area contributed by atoms with Gasteiger partial charge in [0.15, 0.2) is 17.3 Å². The highest BCUT2D eigenvalue weighted by Crippen LogP contribution is 2.46. The van der Waals surface area contributed by atoms with Gasteiger partial charge in [-0.05, 0) is 148 Å². The number of anilines is 1. The molecule has 2 aromatic carbocycles. The quantitative estimate of drug-likeness (QED) is 0.152. The maximum Gasteiger partial charge on any atom is 0.168 e. The average Bonchev–Trinajstić information content (AvgIpc) is 3.21. The standard InChI is InChI=1S/C49H70N2O5/c1-11-32(5)24-38-20-17-21-40(37-18-16-19-37)41-26-34(7)45(29-44(41)51(31(3)4)49(38)53)55-22-14-13-15-23-56-47-28-43-42(27-46(47)54-10)48(52)36(9)35(8)39(30-50-43)25-33(6)12-2/h11-12,26-31,35-36,38-39,49,53H,13-25H2,1-10H3/b32-11-,33-12-,50-30?. The Kier molecular flexibility index (Phi) is 15.5. The molecule has 5 atom stereocenters. The Morgan fingerprint density at radius 3 is 2.20 bits per heavy atom. The summed E-state index contributed by atoms with van der Waals surface area (Å²) in [5.74, 6) is 2.55. The van der Waals surface area contributed by atoms with Crippen molar-refractivity contribution in [2.45, 2.75) is 145 Å². The van der Waals surface area contributed by atoms with Crippen molar-refractivity contribution in [1.29, 1.82) is 0 Å². The number of aliphatic imine (C=N–C) groups is 1. The largest absolute Gasteiger partial charge is 0.493 e. The number of benzene rings is 2. The highest BCUT2D eigenvalue weighted by atomic mass is 16.5. The lowest BCUT2D eigenvalue weighted by Crippen LogP contribution is -2.45. The summed E-state index contributed by atoms with van der Waals surface area (Å²) in [6.07, 6.45) is 17.1. The van der Waals surface area contributed by atoms with Crippen molar-refractivity contribution in [3.63, 3.8) is 0 Å². The van der Waals surface area contributed by atoms with Crippen LogP contribution >= 0.6 is 0 Å². The van der Waals surface area contributed by atoms with Crippen molar-refractivity contribution in [3.8, 4) is 17.2 Å². The van der Waals surface area contributed by atoms with Gasteiger partial charge in [-0.25, -0.2) is 0 Å². The molecular formula is C49H70N2O5. The van der Waals surface area contributed by atoms with E-state index >= 15 is 0 Å². The molecule has 0 amide bonds. The predicted octanol–water partition coefficient (Wildman–Crippen LogP) is 12.4. The zero-order valence-corrected chi connectivity index (χ0v) is 36.2. The van der Waals surface area contributed by atoms with Gasteiger partial charge >= 0.3 is 0 Å². The second-order valence-electron chi connectivity index (χ2n) is 17.0. The van der Waals surface area contributed by atoms with Crippen LogP contribution in [-0.4, -0.2) is 49.7 Å². The number of Topliss-reactive ketones (excluding diaryl/α,β-unsaturated/α-hetero) is 1. The van der Waals surface area contributed by atoms with E-state index in [-0.39, 0.29) is 35.5 Å². The number of aliphatic hydroxyl groups excluding tert-OH is 1. The van der Waals surface area contributed by atoms with Crippen LogP contribution in [0.1, 0.15) is 148 Å². The smallest absolute Gasteiger partial charge is 0.168 e. The zero-order valence-electron chi connectivity index (χ0n) is 36.2. The van der Waals surface area contributed by atoms with Crippen LogP contribution in [-0.2, 0) is 0 Å². The number of carbonyl (C=O) groups is 1. The molecule has 3 aliphatic rings. The van der Waals surface area contributed by atoms with E-state index in [4.69, 9.17) is 19.2 Å². The van der Waals surface area contributed by atoms with Crippen molar-refractivity contribution in [1.82, 2.24) is 0 Å². The summed E-state index contributed by atoms with van der Waals surface area (Å²) in [4.78, 5) is 20.7. The lowest BCUT2D eigenvalue weighted by Gasteiger charge is -2.39. The first-order chi connectivity index (χ1) is 26.9. The Labute approximate surface area is 338 Å². The molecule has 1 fully saturated rings. The van der Waals surface area contributed by atoms with Crippen LogP contribution in [0.25, 0.3) is 5.57 Å². The van der Waals surface area contributed by atoms with Gasteiger partial charge in [-0.15, -0.1) is 0 Å². The SMILES string of the molecule is C/C=C(/C)CC1C=Nc2cc(OCCCCCOc3cc4c(cc3C)C(=C3CCC3)CCCC(C/C(C)=C\C)C(O)N4C(C)C)c(OC)cc2C(=O)C(C)C1C. The van der Waals surface area contributed by atoms with Gasteiger partial charge in [0, 0.05) is 53.3 Å². The number of aliphatic hydroxyl groups is 1. The Bertz CT molecular complexity index is 1800. The van der Waals surface area contributed by atoms with E-state index in [2.05, 4.69) is 84.6 Å². The lowest BCUT2D eigenvalue weighted by atomic mass is 9.77. The number of hydrogen-bond donors (Lipinski definition) is 1. The number of unbranched alkanes of at least 4 members (excludes halogenated alkanes) is 2. The summed E-state index contributed by atoms with van der Waals surface area (Å²) in [5, 5.41) is 12.0. The number of nitrogens with zero attached hydrogens (tertiary/aromatic N) is 2. The fourth-order valence-electron chi connectivity index (χ4n) is 8.59. The molecule has 306 valence electrons. The van der Waals surface area contributed by atoms with Crippen molar-refractivity contribution in [3.05, 3.63) is 69.8 Å². The molecule has 7 nitrogen and oxygen atoms in total. The number of carbonyl (C=O) groups excluding carboxylic acids is 1. The maximum atomic E-state index is 13.6. The first-order valence-corrected chi connectivity index (χ1v) is 21.5. The minimum Gasteiger partial charge on any atom is -0.493 e. The van der Waals surface area contributed by atoms with E-state index < -0.39 is 6.23 Å². The number of allylic oxidation sites excluding steroid dienone is 6. The number of fused-ring (bicyclic) bond motifs is 2. The van der Waals surface area contributed by atoms with E-state index in [1.54, 1.807) is 18.7 Å². The van der Waals surface area contributed by atoms with Crippen LogP contribution in [0.2, 0.25) is 0 Å². The summed E-state index contributed by atoms with van der Waals surface area (Å²) >= 11 is 0. The van der Waals surface area contributed by atoms with Gasteiger partial charge in [-0.2, -0.15) is 0 Å². The molecule has 1 saturated carbocycles. The summed E-state index contributed by atoms with van der Waals surface area (Å²) in [5.41, 5.74) is 10.5. The Morgan fingerprint density at radius 2 is 1.57 bits per heavy atom. The third kappa shape index (κ3) is 10.2. The Hall–Kier alpha value is -3.84. The fourth-order valence-corrected chi connectivity index (χ4v) is 8.59. The first kappa shape index (κ1) is 43.3. The van der Waals surface area contributed by atoms with Crippen LogP contribution in [0.4, 0.5) is 11.4 Å². The monoisotopic (exact) mass is 767 g/mol. The highest BCUT2D eigenvalue weighted by molar-refractivity contribution is 6.04. The number of rotatable bonds is 14. The van der Waals surface area contributed by atoms with E-state index in [1.807, 2.05) is 19.2 Å². The maximum absolute atomic E-state index is 13.6. The highest BCUT2D eigenvalue weighted by Gasteiger charge is 2.34. The third-order valence-electron chi connectivity index (χ3n) is 12.8. The molecule has 2 heterocycles. The minimum absolute atomic E-state index is 0.0978. The normalized spacial score (nSPS) is 23.4. The fraction of sp³-hybridized carbons (Fsp3) is 0.592. The summed E-state index contributed by atoms with van der Waals surface area (Å²) in [6, 6.07) is 8.35. The van der Waals surface area contributed by atoms with Gasteiger partial charge in [0.05, 0.1) is 31.7 Å². The Balaban J connectivity index is 1.25. The summed E-state index contributed by atoms with van der Waals surface area (Å²) in [7, 11) is 1.62. The van der Waals surface area contributed by atoms with E-state index in [0.717, 1.165) is 68.4 Å². The molecular weight excluding hydrogens is 697 g/mol. The molecule has 7 heteroatoms. The van der Waals surface area contributed by atoms with E-state index in [9.17, 15) is 9.90 Å². The molecule has 0 spiro atoms. The summed E-state index contributed by atoms with van der Waals surface area (Å²) in [6.45, 7) is 20.3. The molecule has 5 unspecified atom stereocenters. The average molecular weight is 767 g/mol. The van der Waals surface area contributed by atoms with Crippen molar-refractivity contribution in [2.24, 2.45) is 28.7 Å². The number of hydrogen-bond acceptors (Lipinski definition) is 7. The van der Waals surface area contributed by atoms with Crippen LogP contribution in [0.3, 0.4) is 0 Å². The number of methoxy groups -OCH3 is 1. The second kappa shape index (κ2) is 20.0. The molecule has 56 heavy (non-hydrogen) atoms. The molecule has 0 radical (unpaired) electrons. The van der Waals surface area contributed by atoms with Crippen molar-refractivity contribution in [2.75, 3.05) is 25.2 Å². The first-order valence-electron chi connectivity index (χ1n) is 21.5. The van der Waals surface area contributed by atoms with Gasteiger partial charge in [0.25, 0.3) is 0 Å². The molecule has 2 aromatic rings. The molecule has 0 saturated heterocycles. The molecule has 1 N–H and O–H groups in total. The summed E-state index contributed by atoms with van der Waals surface area (Å²) < 4.78 is 18.5. The van der Waals surface area contributed by atoms with E-state index in [0.29, 0.717) is 36.0 Å². The van der Waals surface area contributed by atoms with Crippen LogP contribution in [0.15, 0.2) is 58.1 Å². The van der Waals surface area contributed by atoms with Crippen LogP contribution in [0, 0.1) is 30.6 Å². The van der Waals surface area contributed by atoms with Crippen molar-refractivity contribution >= 4 is 28.9 Å². The van der Waals surface area contributed by atoms with Crippen molar-refractivity contribution < 1.29 is 24.1 Å². The van der Waals surface area contributed by atoms with Gasteiger partial charge in [-0.1, -0.05) is 42.7 Å². The van der Waals surface area contributed by atoms with Gasteiger partial charge in [0.1, 0.15) is 12.0 Å². The molecule has 0 aromatic heterocycles.